The number of amides is 1. The summed E-state index contributed by atoms with van der Waals surface area (Å²) in [6, 6.07) is 10.2. The fourth-order valence-corrected chi connectivity index (χ4v) is 4.81. The molecular formula is C19H14ClN5O4S2. The predicted molar refractivity (Wildman–Crippen MR) is 119 cm³/mol. The van der Waals surface area contributed by atoms with Gasteiger partial charge in [0.05, 0.1) is 15.8 Å². The van der Waals surface area contributed by atoms with Crippen LogP contribution in [0.4, 0.5) is 10.8 Å². The van der Waals surface area contributed by atoms with Crippen LogP contribution in [0, 0.1) is 0 Å². The van der Waals surface area contributed by atoms with Crippen molar-refractivity contribution < 1.29 is 13.2 Å². The number of anilines is 2. The second kappa shape index (κ2) is 8.10. The van der Waals surface area contributed by atoms with Gasteiger partial charge in [0.15, 0.2) is 10.8 Å². The van der Waals surface area contributed by atoms with Crippen LogP contribution in [0.2, 0.25) is 5.02 Å². The Hall–Kier alpha value is -3.28. The molecule has 0 spiro atoms. The van der Waals surface area contributed by atoms with Crippen LogP contribution in [0.15, 0.2) is 63.7 Å². The standard InChI is InChI=1S/C19H14ClN5O4S2/c1-25-15-7-2-11(20)10-14(15)17(26)16(23-25)18(27)22-12-3-5-13(6-4-12)31(28,29)24-19-21-8-9-30-19/h2-10H,1H3,(H,21,24)(H,22,27). The Bertz CT molecular complexity index is 1450. The number of sulfonamides is 1. The lowest BCUT2D eigenvalue weighted by Crippen LogP contribution is -2.26. The van der Waals surface area contributed by atoms with Crippen LogP contribution in [0.25, 0.3) is 10.9 Å². The van der Waals surface area contributed by atoms with Crippen LogP contribution in [0.5, 0.6) is 0 Å². The lowest BCUT2D eigenvalue weighted by Gasteiger charge is -2.10. The highest BCUT2D eigenvalue weighted by molar-refractivity contribution is 7.93. The highest BCUT2D eigenvalue weighted by Crippen LogP contribution is 2.20. The van der Waals surface area contributed by atoms with Gasteiger partial charge in [0, 0.05) is 29.3 Å². The Morgan fingerprint density at radius 3 is 2.58 bits per heavy atom. The monoisotopic (exact) mass is 475 g/mol. The van der Waals surface area contributed by atoms with Crippen LogP contribution in [0.1, 0.15) is 10.5 Å². The molecule has 0 aliphatic heterocycles. The third kappa shape index (κ3) is 4.29. The van der Waals surface area contributed by atoms with E-state index in [0.29, 0.717) is 16.2 Å². The van der Waals surface area contributed by atoms with Crippen molar-refractivity contribution in [3.05, 3.63) is 75.0 Å². The fourth-order valence-electron chi connectivity index (χ4n) is 2.85. The Labute approximate surface area is 185 Å². The molecular weight excluding hydrogens is 462 g/mol. The molecule has 2 aromatic carbocycles. The molecule has 12 heteroatoms. The number of halogens is 1. The Morgan fingerprint density at radius 1 is 1.16 bits per heavy atom. The molecule has 1 amide bonds. The first-order chi connectivity index (χ1) is 14.7. The number of carbonyl (C=O) groups excluding carboxylic acids is 1. The number of thiazole rings is 1. The largest absolute Gasteiger partial charge is 0.320 e. The molecule has 158 valence electrons. The van der Waals surface area contributed by atoms with Gasteiger partial charge in [-0.25, -0.2) is 13.4 Å². The van der Waals surface area contributed by atoms with Gasteiger partial charge < -0.3 is 5.32 Å². The minimum Gasteiger partial charge on any atom is -0.320 e. The third-order valence-electron chi connectivity index (χ3n) is 4.31. The summed E-state index contributed by atoms with van der Waals surface area (Å²) in [6.45, 7) is 0. The average Bonchev–Trinajstić information content (AvgIpc) is 3.23. The number of aromatic nitrogens is 3. The van der Waals surface area contributed by atoms with Gasteiger partial charge in [0.1, 0.15) is 0 Å². The van der Waals surface area contributed by atoms with Gasteiger partial charge in [-0.1, -0.05) is 11.6 Å². The molecule has 0 aliphatic carbocycles. The van der Waals surface area contributed by atoms with Gasteiger partial charge in [0.25, 0.3) is 15.9 Å². The van der Waals surface area contributed by atoms with Crippen molar-refractivity contribution in [2.24, 2.45) is 7.05 Å². The smallest absolute Gasteiger partial charge is 0.280 e. The van der Waals surface area contributed by atoms with Crippen LogP contribution in [-0.4, -0.2) is 29.1 Å². The Morgan fingerprint density at radius 2 is 1.90 bits per heavy atom. The summed E-state index contributed by atoms with van der Waals surface area (Å²) in [4.78, 5) is 29.2. The molecule has 0 aliphatic rings. The summed E-state index contributed by atoms with van der Waals surface area (Å²) >= 11 is 7.13. The number of aryl methyl sites for hydroxylation is 1. The molecule has 0 saturated carbocycles. The van der Waals surface area contributed by atoms with E-state index >= 15 is 0 Å². The summed E-state index contributed by atoms with van der Waals surface area (Å²) in [5, 5.41) is 9.15. The van der Waals surface area contributed by atoms with Crippen molar-refractivity contribution in [3.8, 4) is 0 Å². The van der Waals surface area contributed by atoms with Crippen molar-refractivity contribution in [2.45, 2.75) is 4.90 Å². The molecule has 2 N–H and O–H groups in total. The van der Waals surface area contributed by atoms with Gasteiger partial charge >= 0.3 is 0 Å². The van der Waals surface area contributed by atoms with Crippen LogP contribution < -0.4 is 15.5 Å². The Kier molecular flexibility index (Phi) is 5.48. The van der Waals surface area contributed by atoms with Crippen molar-refractivity contribution >= 4 is 60.6 Å². The fraction of sp³-hybridized carbons (Fsp3) is 0.0526. The van der Waals surface area contributed by atoms with E-state index in [4.69, 9.17) is 11.6 Å². The SMILES string of the molecule is Cn1nc(C(=O)Nc2ccc(S(=O)(=O)Nc3nccs3)cc2)c(=O)c2cc(Cl)ccc21. The van der Waals surface area contributed by atoms with Gasteiger partial charge in [-0.15, -0.1) is 11.3 Å². The Balaban J connectivity index is 1.58. The quantitative estimate of drug-likeness (QED) is 0.457. The van der Waals surface area contributed by atoms with Gasteiger partial charge in [-0.2, -0.15) is 5.10 Å². The van der Waals surface area contributed by atoms with Crippen molar-refractivity contribution in [3.63, 3.8) is 0 Å². The van der Waals surface area contributed by atoms with E-state index in [-0.39, 0.29) is 21.1 Å². The maximum atomic E-state index is 12.7. The lowest BCUT2D eigenvalue weighted by atomic mass is 10.2. The predicted octanol–water partition coefficient (Wildman–Crippen LogP) is 3.10. The lowest BCUT2D eigenvalue weighted by molar-refractivity contribution is 0.101. The molecule has 31 heavy (non-hydrogen) atoms. The molecule has 9 nitrogen and oxygen atoms in total. The number of rotatable bonds is 5. The summed E-state index contributed by atoms with van der Waals surface area (Å²) < 4.78 is 28.6. The number of hydrogen-bond donors (Lipinski definition) is 2. The van der Waals surface area contributed by atoms with Crippen molar-refractivity contribution in [1.29, 1.82) is 0 Å². The first kappa shape index (κ1) is 21.0. The normalized spacial score (nSPS) is 11.4. The second-order valence-electron chi connectivity index (χ2n) is 6.38. The minimum atomic E-state index is -3.81. The number of benzene rings is 2. The molecule has 4 aromatic rings. The highest BCUT2D eigenvalue weighted by atomic mass is 35.5. The molecule has 4 rings (SSSR count). The van der Waals surface area contributed by atoms with E-state index in [1.54, 1.807) is 24.6 Å². The van der Waals surface area contributed by atoms with Crippen LogP contribution in [0.3, 0.4) is 0 Å². The maximum absolute atomic E-state index is 12.7. The van der Waals surface area contributed by atoms with Crippen molar-refractivity contribution in [1.82, 2.24) is 14.8 Å². The molecule has 2 aromatic heterocycles. The highest BCUT2D eigenvalue weighted by Gasteiger charge is 2.19. The van der Waals surface area contributed by atoms with Crippen molar-refractivity contribution in [2.75, 3.05) is 10.0 Å². The van der Waals surface area contributed by atoms with Gasteiger partial charge in [0.2, 0.25) is 5.43 Å². The van der Waals surface area contributed by atoms with Gasteiger partial charge in [-0.3, -0.25) is 19.0 Å². The zero-order valence-electron chi connectivity index (χ0n) is 15.9. The van der Waals surface area contributed by atoms with E-state index in [9.17, 15) is 18.0 Å². The average molecular weight is 476 g/mol. The topological polar surface area (TPSA) is 123 Å². The minimum absolute atomic E-state index is 0.00455. The molecule has 0 fully saturated rings. The third-order valence-corrected chi connectivity index (χ3v) is 6.72. The van der Waals surface area contributed by atoms with E-state index in [1.807, 2.05) is 0 Å². The van der Waals surface area contributed by atoms with E-state index in [0.717, 1.165) is 11.3 Å². The van der Waals surface area contributed by atoms with E-state index in [2.05, 4.69) is 20.1 Å². The first-order valence-electron chi connectivity index (χ1n) is 8.75. The molecule has 2 heterocycles. The van der Waals surface area contributed by atoms with Crippen LogP contribution in [-0.2, 0) is 17.1 Å². The first-order valence-corrected chi connectivity index (χ1v) is 11.5. The van der Waals surface area contributed by atoms with Crippen LogP contribution >= 0.6 is 22.9 Å². The van der Waals surface area contributed by atoms with E-state index < -0.39 is 21.4 Å². The zero-order chi connectivity index (χ0) is 22.2. The molecule has 0 bridgehead atoms. The molecule has 0 saturated heterocycles. The number of fused-ring (bicyclic) bond motifs is 1. The number of nitrogens with zero attached hydrogens (tertiary/aromatic N) is 3. The summed E-state index contributed by atoms with van der Waals surface area (Å²) in [6.07, 6.45) is 1.49. The maximum Gasteiger partial charge on any atom is 0.280 e. The summed E-state index contributed by atoms with van der Waals surface area (Å²) in [5.41, 5.74) is -0.0270. The summed E-state index contributed by atoms with van der Waals surface area (Å²) in [7, 11) is -2.20. The zero-order valence-corrected chi connectivity index (χ0v) is 18.3. The molecule has 0 atom stereocenters. The molecule has 0 unspecified atom stereocenters. The number of nitrogens with one attached hydrogen (secondary N) is 2. The summed E-state index contributed by atoms with van der Waals surface area (Å²) in [5.74, 6) is -0.723. The number of hydrogen-bond acceptors (Lipinski definition) is 7. The molecule has 0 radical (unpaired) electrons. The number of carbonyl (C=O) groups is 1. The van der Waals surface area contributed by atoms with E-state index in [1.165, 1.54) is 41.2 Å². The second-order valence-corrected chi connectivity index (χ2v) is 9.40. The van der Waals surface area contributed by atoms with Gasteiger partial charge in [-0.05, 0) is 42.5 Å².